The molecule has 1 heterocycles. The summed E-state index contributed by atoms with van der Waals surface area (Å²) in [6, 6.07) is 22.8. The van der Waals surface area contributed by atoms with Gasteiger partial charge in [0.2, 0.25) is 11.8 Å². The van der Waals surface area contributed by atoms with Crippen LogP contribution in [0, 0.1) is 0 Å². The highest BCUT2D eigenvalue weighted by molar-refractivity contribution is 5.82. The predicted molar refractivity (Wildman–Crippen MR) is 130 cm³/mol. The highest BCUT2D eigenvalue weighted by Gasteiger charge is 2.16. The number of amides is 2. The second-order valence-corrected chi connectivity index (χ2v) is 7.81. The second kappa shape index (κ2) is 9.99. The molecule has 0 saturated heterocycles. The van der Waals surface area contributed by atoms with Gasteiger partial charge in [0.1, 0.15) is 6.54 Å². The van der Waals surface area contributed by atoms with Crippen molar-refractivity contribution in [2.45, 2.75) is 19.5 Å². The highest BCUT2D eigenvalue weighted by Crippen LogP contribution is 2.12. The van der Waals surface area contributed by atoms with Crippen LogP contribution < -0.4 is 21.9 Å². The summed E-state index contributed by atoms with van der Waals surface area (Å²) in [5, 5.41) is 5.71. The molecule has 0 bridgehead atoms. The number of rotatable bonds is 7. The topological polar surface area (TPSA) is 102 Å². The summed E-state index contributed by atoms with van der Waals surface area (Å²) < 4.78 is 2.35. The normalized spacial score (nSPS) is 10.7. The van der Waals surface area contributed by atoms with Crippen LogP contribution in [0.25, 0.3) is 16.6 Å². The van der Waals surface area contributed by atoms with Gasteiger partial charge in [0.15, 0.2) is 0 Å². The molecule has 0 saturated carbocycles. The summed E-state index contributed by atoms with van der Waals surface area (Å²) in [7, 11) is 1.56. The van der Waals surface area contributed by atoms with Crippen molar-refractivity contribution in [3.8, 4) is 5.69 Å². The molecule has 0 fully saturated rings. The van der Waals surface area contributed by atoms with Crippen LogP contribution in [0.15, 0.2) is 88.5 Å². The lowest BCUT2D eigenvalue weighted by Crippen LogP contribution is -2.41. The average Bonchev–Trinajstić information content (AvgIpc) is 2.87. The third kappa shape index (κ3) is 4.80. The molecule has 8 nitrogen and oxygen atoms in total. The van der Waals surface area contributed by atoms with Crippen LogP contribution in [0.2, 0.25) is 0 Å². The fourth-order valence-corrected chi connectivity index (χ4v) is 3.73. The third-order valence-corrected chi connectivity index (χ3v) is 5.52. The second-order valence-electron chi connectivity index (χ2n) is 7.81. The molecular weight excluding hydrogens is 432 g/mol. The maximum Gasteiger partial charge on any atom is 0.336 e. The van der Waals surface area contributed by atoms with Gasteiger partial charge in [0, 0.05) is 13.6 Å². The number of para-hydroxylation sites is 1. The molecule has 2 N–H and O–H groups in total. The zero-order valence-electron chi connectivity index (χ0n) is 18.7. The van der Waals surface area contributed by atoms with Gasteiger partial charge >= 0.3 is 5.69 Å². The Bertz CT molecular complexity index is 1450. The summed E-state index contributed by atoms with van der Waals surface area (Å²) >= 11 is 0. The minimum absolute atomic E-state index is 0.139. The number of nitrogens with one attached hydrogen (secondary N) is 2. The van der Waals surface area contributed by atoms with E-state index in [-0.39, 0.29) is 24.8 Å². The number of benzene rings is 3. The van der Waals surface area contributed by atoms with Crippen LogP contribution in [0.4, 0.5) is 0 Å². The Kier molecular flexibility index (Phi) is 6.68. The molecule has 0 aliphatic heterocycles. The molecule has 8 heteroatoms. The van der Waals surface area contributed by atoms with Crippen molar-refractivity contribution in [3.63, 3.8) is 0 Å². The van der Waals surface area contributed by atoms with Gasteiger partial charge in [-0.2, -0.15) is 0 Å². The SMILES string of the molecule is CNC(=O)Cc1ccc(-n2c(=O)c3ccccc3n(CC(=O)NCc3ccccc3)c2=O)cc1. The zero-order valence-corrected chi connectivity index (χ0v) is 18.7. The predicted octanol–water partition coefficient (Wildman–Crippen LogP) is 1.76. The van der Waals surface area contributed by atoms with Crippen LogP contribution in [0.5, 0.6) is 0 Å². The van der Waals surface area contributed by atoms with Gasteiger partial charge < -0.3 is 10.6 Å². The minimum atomic E-state index is -0.613. The molecule has 34 heavy (non-hydrogen) atoms. The number of hydrogen-bond donors (Lipinski definition) is 2. The van der Waals surface area contributed by atoms with Crippen molar-refractivity contribution in [1.82, 2.24) is 19.8 Å². The van der Waals surface area contributed by atoms with Crippen LogP contribution >= 0.6 is 0 Å². The maximum absolute atomic E-state index is 13.4. The van der Waals surface area contributed by atoms with E-state index in [1.165, 1.54) is 4.57 Å². The first kappa shape index (κ1) is 22.7. The van der Waals surface area contributed by atoms with E-state index in [2.05, 4.69) is 10.6 Å². The van der Waals surface area contributed by atoms with Gasteiger partial charge in [-0.15, -0.1) is 0 Å². The van der Waals surface area contributed by atoms with E-state index in [4.69, 9.17) is 0 Å². The molecule has 0 spiro atoms. The van der Waals surface area contributed by atoms with Crippen molar-refractivity contribution >= 4 is 22.7 Å². The lowest BCUT2D eigenvalue weighted by Gasteiger charge is -2.14. The molecular formula is C26H24N4O4. The Morgan fingerprint density at radius 2 is 1.47 bits per heavy atom. The summed E-state index contributed by atoms with van der Waals surface area (Å²) in [5.74, 6) is -0.485. The lowest BCUT2D eigenvalue weighted by atomic mass is 10.1. The van der Waals surface area contributed by atoms with Crippen LogP contribution in [0.3, 0.4) is 0 Å². The summed E-state index contributed by atoms with van der Waals surface area (Å²) in [6.07, 6.45) is 0.190. The molecule has 172 valence electrons. The van der Waals surface area contributed by atoms with Gasteiger partial charge in [0.25, 0.3) is 5.56 Å². The van der Waals surface area contributed by atoms with Crippen molar-refractivity contribution in [2.75, 3.05) is 7.05 Å². The number of carbonyl (C=O) groups excluding carboxylic acids is 2. The third-order valence-electron chi connectivity index (χ3n) is 5.52. The number of nitrogens with zero attached hydrogens (tertiary/aromatic N) is 2. The molecule has 0 unspecified atom stereocenters. The summed E-state index contributed by atoms with van der Waals surface area (Å²) in [6.45, 7) is 0.0972. The van der Waals surface area contributed by atoms with Crippen LogP contribution in [-0.4, -0.2) is 28.0 Å². The number of hydrogen-bond acceptors (Lipinski definition) is 4. The largest absolute Gasteiger partial charge is 0.359 e. The van der Waals surface area contributed by atoms with E-state index in [1.54, 1.807) is 55.6 Å². The van der Waals surface area contributed by atoms with E-state index in [9.17, 15) is 19.2 Å². The molecule has 0 aliphatic rings. The number of likely N-dealkylation sites (N-methyl/N-ethyl adjacent to an activating group) is 1. The van der Waals surface area contributed by atoms with Gasteiger partial charge in [-0.1, -0.05) is 54.6 Å². The zero-order chi connectivity index (χ0) is 24.1. The molecule has 4 rings (SSSR count). The van der Waals surface area contributed by atoms with E-state index < -0.39 is 11.2 Å². The fraction of sp³-hybridized carbons (Fsp3) is 0.154. The molecule has 2 amide bonds. The first-order valence-electron chi connectivity index (χ1n) is 10.8. The summed E-state index contributed by atoms with van der Waals surface area (Å²) in [5.41, 5.74) is 1.35. The number of fused-ring (bicyclic) bond motifs is 1. The lowest BCUT2D eigenvalue weighted by molar-refractivity contribution is -0.122. The Morgan fingerprint density at radius 1 is 0.794 bits per heavy atom. The monoisotopic (exact) mass is 456 g/mol. The van der Waals surface area contributed by atoms with Crippen molar-refractivity contribution in [2.24, 2.45) is 0 Å². The maximum atomic E-state index is 13.4. The van der Waals surface area contributed by atoms with Gasteiger partial charge in [-0.25, -0.2) is 9.36 Å². The fourth-order valence-electron chi connectivity index (χ4n) is 3.73. The Hall–Kier alpha value is -4.46. The molecule has 3 aromatic carbocycles. The van der Waals surface area contributed by atoms with Crippen molar-refractivity contribution < 1.29 is 9.59 Å². The Morgan fingerprint density at radius 3 is 2.18 bits per heavy atom. The average molecular weight is 457 g/mol. The summed E-state index contributed by atoms with van der Waals surface area (Å²) in [4.78, 5) is 50.9. The smallest absolute Gasteiger partial charge is 0.336 e. The quantitative estimate of drug-likeness (QED) is 0.442. The standard InChI is InChI=1S/C26H24N4O4/c1-27-23(31)15-18-11-13-20(14-12-18)30-25(33)21-9-5-6-10-22(21)29(26(30)34)17-24(32)28-16-19-7-3-2-4-8-19/h2-14H,15-17H2,1H3,(H,27,31)(H,28,32). The molecule has 0 atom stereocenters. The van der Waals surface area contributed by atoms with E-state index in [1.807, 2.05) is 30.3 Å². The Balaban J connectivity index is 1.70. The number of aromatic nitrogens is 2. The minimum Gasteiger partial charge on any atom is -0.359 e. The van der Waals surface area contributed by atoms with Crippen molar-refractivity contribution in [1.29, 1.82) is 0 Å². The number of carbonyl (C=O) groups is 2. The van der Waals surface area contributed by atoms with Crippen LogP contribution in [-0.2, 0) is 29.1 Å². The van der Waals surface area contributed by atoms with Gasteiger partial charge in [-0.05, 0) is 35.4 Å². The van der Waals surface area contributed by atoms with E-state index >= 15 is 0 Å². The van der Waals surface area contributed by atoms with E-state index in [0.29, 0.717) is 23.1 Å². The van der Waals surface area contributed by atoms with Crippen LogP contribution in [0.1, 0.15) is 11.1 Å². The Labute approximate surface area is 195 Å². The first-order chi connectivity index (χ1) is 16.5. The molecule has 0 radical (unpaired) electrons. The first-order valence-corrected chi connectivity index (χ1v) is 10.8. The van der Waals surface area contributed by atoms with Crippen molar-refractivity contribution in [3.05, 3.63) is 111 Å². The van der Waals surface area contributed by atoms with Gasteiger partial charge in [0.05, 0.1) is 23.0 Å². The molecule has 0 aliphatic carbocycles. The highest BCUT2D eigenvalue weighted by atomic mass is 16.2. The molecule has 1 aromatic heterocycles. The van der Waals surface area contributed by atoms with Gasteiger partial charge in [-0.3, -0.25) is 19.0 Å². The molecule has 4 aromatic rings. The van der Waals surface area contributed by atoms with E-state index in [0.717, 1.165) is 15.7 Å².